The van der Waals surface area contributed by atoms with Gasteiger partial charge in [0.1, 0.15) is 29.3 Å². The van der Waals surface area contributed by atoms with Gasteiger partial charge in [0.15, 0.2) is 0 Å². The number of imidazole rings is 1. The van der Waals surface area contributed by atoms with Crippen LogP contribution >= 0.6 is 0 Å². The van der Waals surface area contributed by atoms with Gasteiger partial charge in [-0.1, -0.05) is 5.57 Å². The Hall–Kier alpha value is -4.19. The van der Waals surface area contributed by atoms with E-state index in [9.17, 15) is 4.79 Å². The predicted molar refractivity (Wildman–Crippen MR) is 127 cm³/mol. The fourth-order valence-electron chi connectivity index (χ4n) is 4.63. The van der Waals surface area contributed by atoms with Crippen molar-refractivity contribution in [2.75, 3.05) is 13.2 Å². The minimum Gasteiger partial charge on any atom is -0.492 e. The molecule has 4 heterocycles. The van der Waals surface area contributed by atoms with Gasteiger partial charge in [0.25, 0.3) is 0 Å². The molecule has 4 aromatic heterocycles. The molecule has 5 rings (SSSR count). The molecule has 1 amide bonds. The molecule has 4 aromatic rings. The number of carbonyl (C=O) groups is 1. The summed E-state index contributed by atoms with van der Waals surface area (Å²) < 4.78 is 7.85. The number of nitriles is 1. The normalized spacial score (nSPS) is 15.9. The first-order chi connectivity index (χ1) is 16.7. The first kappa shape index (κ1) is 21.6. The number of allylic oxidation sites excluding steroid dienone is 2. The lowest BCUT2D eigenvalue weighted by atomic mass is 9.90. The van der Waals surface area contributed by atoms with Crippen molar-refractivity contribution >= 4 is 28.0 Å². The Morgan fingerprint density at radius 3 is 2.91 bits per heavy atom. The summed E-state index contributed by atoms with van der Waals surface area (Å²) in [5.41, 5.74) is 3.78. The lowest BCUT2D eigenvalue weighted by molar-refractivity contribution is -0.120. The van der Waals surface area contributed by atoms with Gasteiger partial charge in [-0.3, -0.25) is 9.78 Å². The molecule has 34 heavy (non-hydrogen) atoms. The number of fused-ring (bicyclic) bond motifs is 3. The number of nitrogens with zero attached hydrogens (tertiary/aromatic N) is 5. The summed E-state index contributed by atoms with van der Waals surface area (Å²) in [6.45, 7) is 0.771. The maximum Gasteiger partial charge on any atom is 0.227 e. The minimum atomic E-state index is -0.103. The SMILES string of the molecule is N#CC=C1CCC(n2c(CC(=O)NCCOc3ccncc3)nc3cnc4[nH]ccc4c32)CC1. The third kappa shape index (κ3) is 4.48. The summed E-state index contributed by atoms with van der Waals surface area (Å²) in [6, 6.07) is 7.92. The quantitative estimate of drug-likeness (QED) is 0.324. The number of rotatable bonds is 7. The van der Waals surface area contributed by atoms with E-state index < -0.39 is 0 Å². The molecular weight excluding hydrogens is 430 g/mol. The number of aromatic nitrogens is 5. The highest BCUT2D eigenvalue weighted by Gasteiger charge is 2.25. The lowest BCUT2D eigenvalue weighted by Crippen LogP contribution is -2.30. The van der Waals surface area contributed by atoms with Gasteiger partial charge in [-0.05, 0) is 43.9 Å². The molecule has 172 valence electrons. The van der Waals surface area contributed by atoms with Gasteiger partial charge in [-0.2, -0.15) is 5.26 Å². The summed E-state index contributed by atoms with van der Waals surface area (Å²) in [7, 11) is 0. The zero-order valence-electron chi connectivity index (χ0n) is 18.7. The molecule has 0 aliphatic heterocycles. The van der Waals surface area contributed by atoms with Crippen molar-refractivity contribution in [3.8, 4) is 11.8 Å². The van der Waals surface area contributed by atoms with Crippen LogP contribution in [0.3, 0.4) is 0 Å². The summed E-state index contributed by atoms with van der Waals surface area (Å²) >= 11 is 0. The number of hydrogen-bond donors (Lipinski definition) is 2. The fraction of sp³-hybridized carbons (Fsp3) is 0.320. The fourth-order valence-corrected chi connectivity index (χ4v) is 4.63. The summed E-state index contributed by atoms with van der Waals surface area (Å²) in [5.74, 6) is 1.35. The summed E-state index contributed by atoms with van der Waals surface area (Å²) in [5, 5.41) is 12.9. The topological polar surface area (TPSA) is 122 Å². The van der Waals surface area contributed by atoms with Gasteiger partial charge in [0.05, 0.1) is 30.7 Å². The molecule has 1 aliphatic rings. The minimum absolute atomic E-state index is 0.103. The van der Waals surface area contributed by atoms with Gasteiger partial charge in [0, 0.05) is 36.1 Å². The largest absolute Gasteiger partial charge is 0.492 e. The summed E-state index contributed by atoms with van der Waals surface area (Å²) in [6.07, 6.45) is 12.4. The van der Waals surface area contributed by atoms with Crippen LogP contribution < -0.4 is 10.1 Å². The monoisotopic (exact) mass is 455 g/mol. The average molecular weight is 456 g/mol. The smallest absolute Gasteiger partial charge is 0.227 e. The molecule has 1 aliphatic carbocycles. The zero-order chi connectivity index (χ0) is 23.3. The second-order valence-electron chi connectivity index (χ2n) is 8.35. The van der Waals surface area contributed by atoms with Crippen molar-refractivity contribution in [1.82, 2.24) is 29.8 Å². The van der Waals surface area contributed by atoms with Crippen LogP contribution in [0.15, 0.2) is 54.6 Å². The van der Waals surface area contributed by atoms with Gasteiger partial charge in [0.2, 0.25) is 5.91 Å². The number of amides is 1. The number of aromatic amines is 1. The van der Waals surface area contributed by atoms with E-state index in [4.69, 9.17) is 15.0 Å². The van der Waals surface area contributed by atoms with E-state index >= 15 is 0 Å². The molecule has 1 saturated carbocycles. The highest BCUT2D eigenvalue weighted by Crippen LogP contribution is 2.36. The highest BCUT2D eigenvalue weighted by molar-refractivity contribution is 6.01. The van der Waals surface area contributed by atoms with E-state index in [0.717, 1.165) is 59.3 Å². The standard InChI is InChI=1S/C25H25N7O2/c26-9-5-17-1-3-18(4-2-17)32-22(31-21-16-30-25-20(24(21)32)8-12-29-25)15-23(33)28-13-14-34-19-6-10-27-11-7-19/h5-8,10-12,16,18H,1-4,13-15H2,(H,28,33)(H,29,30). The Morgan fingerprint density at radius 2 is 2.12 bits per heavy atom. The van der Waals surface area contributed by atoms with Crippen LogP contribution in [0.5, 0.6) is 5.75 Å². The third-order valence-corrected chi connectivity index (χ3v) is 6.20. The van der Waals surface area contributed by atoms with Crippen LogP contribution in [0.25, 0.3) is 22.1 Å². The van der Waals surface area contributed by atoms with Crippen molar-refractivity contribution in [1.29, 1.82) is 5.26 Å². The molecule has 0 bridgehead atoms. The van der Waals surface area contributed by atoms with Crippen molar-refractivity contribution in [3.05, 3.63) is 60.5 Å². The van der Waals surface area contributed by atoms with Gasteiger partial charge < -0.3 is 19.6 Å². The first-order valence-corrected chi connectivity index (χ1v) is 11.4. The number of carbonyl (C=O) groups excluding carboxylic acids is 1. The lowest BCUT2D eigenvalue weighted by Gasteiger charge is -2.27. The Bertz CT molecular complexity index is 1370. The van der Waals surface area contributed by atoms with Crippen LogP contribution in [0, 0.1) is 11.3 Å². The van der Waals surface area contributed by atoms with Crippen LogP contribution in [-0.4, -0.2) is 43.6 Å². The number of ether oxygens (including phenoxy) is 1. The molecule has 0 aromatic carbocycles. The number of H-pyrrole nitrogens is 1. The van der Waals surface area contributed by atoms with Gasteiger partial charge in [-0.15, -0.1) is 0 Å². The number of pyridine rings is 2. The third-order valence-electron chi connectivity index (χ3n) is 6.20. The maximum absolute atomic E-state index is 12.8. The molecule has 0 unspecified atom stereocenters. The van der Waals surface area contributed by atoms with Crippen molar-refractivity contribution < 1.29 is 9.53 Å². The van der Waals surface area contributed by atoms with Crippen LogP contribution in [0.2, 0.25) is 0 Å². The number of nitrogens with one attached hydrogen (secondary N) is 2. The molecule has 0 spiro atoms. The van der Waals surface area contributed by atoms with Crippen molar-refractivity contribution in [2.24, 2.45) is 0 Å². The van der Waals surface area contributed by atoms with Crippen LogP contribution in [0.4, 0.5) is 0 Å². The molecule has 1 fully saturated rings. The molecule has 9 heteroatoms. The Kier molecular flexibility index (Phi) is 6.21. The van der Waals surface area contributed by atoms with Crippen molar-refractivity contribution in [3.63, 3.8) is 0 Å². The van der Waals surface area contributed by atoms with E-state index in [1.165, 1.54) is 5.57 Å². The average Bonchev–Trinajstić information content (AvgIpc) is 3.47. The maximum atomic E-state index is 12.8. The van der Waals surface area contributed by atoms with E-state index in [0.29, 0.717) is 13.2 Å². The predicted octanol–water partition coefficient (Wildman–Crippen LogP) is 3.61. The molecule has 0 radical (unpaired) electrons. The van der Waals surface area contributed by atoms with Gasteiger partial charge >= 0.3 is 0 Å². The molecular formula is C25H25N7O2. The molecule has 2 N–H and O–H groups in total. The van der Waals surface area contributed by atoms with E-state index in [1.54, 1.807) is 36.8 Å². The molecule has 0 saturated heterocycles. The van der Waals surface area contributed by atoms with E-state index in [-0.39, 0.29) is 18.4 Å². The van der Waals surface area contributed by atoms with Crippen molar-refractivity contribution in [2.45, 2.75) is 38.1 Å². The number of hydrogen-bond acceptors (Lipinski definition) is 6. The van der Waals surface area contributed by atoms with Gasteiger partial charge in [-0.25, -0.2) is 9.97 Å². The van der Waals surface area contributed by atoms with Crippen LogP contribution in [0.1, 0.15) is 37.5 Å². The molecule has 9 nitrogen and oxygen atoms in total. The molecule has 0 atom stereocenters. The Balaban J connectivity index is 1.35. The highest BCUT2D eigenvalue weighted by atomic mass is 16.5. The second-order valence-corrected chi connectivity index (χ2v) is 8.35. The van der Waals surface area contributed by atoms with E-state index in [1.807, 2.05) is 12.3 Å². The first-order valence-electron chi connectivity index (χ1n) is 11.4. The van der Waals surface area contributed by atoms with E-state index in [2.05, 4.69) is 30.9 Å². The van der Waals surface area contributed by atoms with Crippen LogP contribution in [-0.2, 0) is 11.2 Å². The Morgan fingerprint density at radius 1 is 1.29 bits per heavy atom. The Labute approximate surface area is 196 Å². The second kappa shape index (κ2) is 9.75. The zero-order valence-corrected chi connectivity index (χ0v) is 18.7. The summed E-state index contributed by atoms with van der Waals surface area (Å²) in [4.78, 5) is 29.2.